The number of ether oxygens (including phenoxy) is 2. The quantitative estimate of drug-likeness (QED) is 0.389. The van der Waals surface area contributed by atoms with Gasteiger partial charge in [0.2, 0.25) is 5.89 Å². The topological polar surface area (TPSA) is 87.3 Å². The van der Waals surface area contributed by atoms with Gasteiger partial charge in [0.1, 0.15) is 11.4 Å². The maximum absolute atomic E-state index is 15.0. The molecule has 2 atom stereocenters. The smallest absolute Gasteiger partial charge is 0.425 e. The van der Waals surface area contributed by atoms with Crippen molar-refractivity contribution in [3.05, 3.63) is 35.2 Å². The Morgan fingerprint density at radius 3 is 2.55 bits per heavy atom. The third-order valence-electron chi connectivity index (χ3n) is 6.12. The van der Waals surface area contributed by atoms with Gasteiger partial charge in [0.25, 0.3) is 0 Å². The summed E-state index contributed by atoms with van der Waals surface area (Å²) in [6.45, 7) is 3.68. The lowest BCUT2D eigenvalue weighted by Gasteiger charge is -2.35. The first-order valence-corrected chi connectivity index (χ1v) is 10.7. The number of nitrogens with zero attached hydrogens (tertiary/aromatic N) is 3. The lowest BCUT2D eigenvalue weighted by atomic mass is 9.78. The maximum atomic E-state index is 15.0. The van der Waals surface area contributed by atoms with Crippen LogP contribution in [-0.2, 0) is 15.8 Å². The van der Waals surface area contributed by atoms with E-state index < -0.39 is 29.1 Å². The molecule has 1 unspecified atom stereocenters. The van der Waals surface area contributed by atoms with Crippen molar-refractivity contribution < 1.29 is 36.4 Å². The molecule has 7 nitrogen and oxygen atoms in total. The molecule has 0 aromatic carbocycles. The predicted octanol–water partition coefficient (Wildman–Crippen LogP) is 4.63. The number of rotatable bonds is 9. The Labute approximate surface area is 187 Å². The lowest BCUT2D eigenvalue weighted by molar-refractivity contribution is -0.190. The average molecular weight is 471 g/mol. The Morgan fingerprint density at radius 1 is 1.33 bits per heavy atom. The van der Waals surface area contributed by atoms with Gasteiger partial charge in [-0.15, -0.1) is 0 Å². The SMILES string of the molecule is Cc1nc(C(C)(CC(=O)c2cc(O[C@@H](C)C(F)(F)F)c(C3(F)COC3)cn2)CC2CC2)no1. The molecule has 1 saturated carbocycles. The summed E-state index contributed by atoms with van der Waals surface area (Å²) in [5.74, 6) is 0.397. The fourth-order valence-electron chi connectivity index (χ4n) is 3.91. The van der Waals surface area contributed by atoms with Crippen LogP contribution in [0.1, 0.15) is 67.3 Å². The van der Waals surface area contributed by atoms with Crippen LogP contribution in [0.25, 0.3) is 0 Å². The monoisotopic (exact) mass is 471 g/mol. The van der Waals surface area contributed by atoms with E-state index in [4.69, 9.17) is 14.0 Å². The molecule has 33 heavy (non-hydrogen) atoms. The zero-order valence-electron chi connectivity index (χ0n) is 18.5. The Balaban J connectivity index is 1.63. The van der Waals surface area contributed by atoms with Crippen LogP contribution in [0.5, 0.6) is 5.75 Å². The highest BCUT2D eigenvalue weighted by Crippen LogP contribution is 2.44. The van der Waals surface area contributed by atoms with Gasteiger partial charge in [0, 0.05) is 31.0 Å². The standard InChI is InChI=1S/C22H25F4N3O4/c1-12(22(24,25)26)32-18-6-16(27-9-15(18)21(23)10-31-11-21)17(30)8-20(3,7-14-4-5-14)19-28-13(2)33-29-19/h6,9,12,14H,4-5,7-8,10-11H2,1-3H3/t12-,20?/m0/s1. The number of alkyl halides is 4. The molecule has 4 rings (SSSR count). The second-order valence-electron chi connectivity index (χ2n) is 9.27. The molecule has 1 saturated heterocycles. The van der Waals surface area contributed by atoms with E-state index in [1.54, 1.807) is 6.92 Å². The Kier molecular flexibility index (Phi) is 5.96. The van der Waals surface area contributed by atoms with Crippen molar-refractivity contribution in [2.75, 3.05) is 13.2 Å². The van der Waals surface area contributed by atoms with E-state index >= 15 is 0 Å². The van der Waals surface area contributed by atoms with E-state index in [9.17, 15) is 22.4 Å². The van der Waals surface area contributed by atoms with E-state index in [1.807, 2.05) is 6.92 Å². The maximum Gasteiger partial charge on any atom is 0.425 e. The number of aryl methyl sites for hydroxylation is 1. The fourth-order valence-corrected chi connectivity index (χ4v) is 3.91. The van der Waals surface area contributed by atoms with E-state index in [-0.39, 0.29) is 36.6 Å². The van der Waals surface area contributed by atoms with Crippen molar-refractivity contribution in [1.29, 1.82) is 0 Å². The van der Waals surface area contributed by atoms with Crippen LogP contribution in [0.4, 0.5) is 17.6 Å². The molecule has 2 aromatic heterocycles. The molecule has 3 heterocycles. The number of aromatic nitrogens is 3. The Morgan fingerprint density at radius 2 is 2.03 bits per heavy atom. The van der Waals surface area contributed by atoms with Crippen molar-refractivity contribution in [1.82, 2.24) is 15.1 Å². The van der Waals surface area contributed by atoms with Crippen LogP contribution in [-0.4, -0.2) is 46.4 Å². The summed E-state index contributed by atoms with van der Waals surface area (Å²) < 4.78 is 69.4. The molecule has 11 heteroatoms. The molecule has 1 aliphatic heterocycles. The van der Waals surface area contributed by atoms with Gasteiger partial charge in [-0.3, -0.25) is 9.78 Å². The van der Waals surface area contributed by atoms with Gasteiger partial charge >= 0.3 is 6.18 Å². The van der Waals surface area contributed by atoms with Gasteiger partial charge in [-0.05, 0) is 19.3 Å². The summed E-state index contributed by atoms with van der Waals surface area (Å²) in [5, 5.41) is 3.99. The number of halogens is 4. The van der Waals surface area contributed by atoms with Crippen LogP contribution in [0.2, 0.25) is 0 Å². The number of hydrogen-bond donors (Lipinski definition) is 0. The highest BCUT2D eigenvalue weighted by molar-refractivity contribution is 5.95. The van der Waals surface area contributed by atoms with Crippen LogP contribution in [0, 0.1) is 12.8 Å². The molecule has 0 amide bonds. The molecule has 0 bridgehead atoms. The van der Waals surface area contributed by atoms with Crippen molar-refractivity contribution >= 4 is 5.78 Å². The first-order chi connectivity index (χ1) is 15.4. The van der Waals surface area contributed by atoms with Gasteiger partial charge < -0.3 is 14.0 Å². The Hall–Kier alpha value is -2.56. The van der Waals surface area contributed by atoms with Crippen LogP contribution >= 0.6 is 0 Å². The minimum absolute atomic E-state index is 0.0348. The summed E-state index contributed by atoms with van der Waals surface area (Å²) in [6.07, 6.45) is -3.09. The third kappa shape index (κ3) is 5.02. The summed E-state index contributed by atoms with van der Waals surface area (Å²) in [5.41, 5.74) is -3.04. The third-order valence-corrected chi connectivity index (χ3v) is 6.12. The van der Waals surface area contributed by atoms with E-state index in [0.717, 1.165) is 32.0 Å². The number of pyridine rings is 1. The second-order valence-corrected chi connectivity index (χ2v) is 9.27. The van der Waals surface area contributed by atoms with E-state index in [1.165, 1.54) is 0 Å². The highest BCUT2D eigenvalue weighted by Gasteiger charge is 2.46. The summed E-state index contributed by atoms with van der Waals surface area (Å²) >= 11 is 0. The highest BCUT2D eigenvalue weighted by atomic mass is 19.4. The minimum atomic E-state index is -4.66. The number of Topliss-reactive ketones (excluding diaryl/α,β-unsaturated/α-hetero) is 1. The Bertz CT molecular complexity index is 1030. The normalized spacial score (nSPS) is 20.6. The van der Waals surface area contributed by atoms with Gasteiger partial charge in [-0.1, -0.05) is 24.9 Å². The van der Waals surface area contributed by atoms with Gasteiger partial charge in [-0.2, -0.15) is 18.2 Å². The van der Waals surface area contributed by atoms with E-state index in [2.05, 4.69) is 15.1 Å². The fraction of sp³-hybridized carbons (Fsp3) is 0.636. The summed E-state index contributed by atoms with van der Waals surface area (Å²) in [6, 6.07) is 1.08. The molecule has 180 valence electrons. The molecular weight excluding hydrogens is 446 g/mol. The largest absolute Gasteiger partial charge is 0.481 e. The summed E-state index contributed by atoms with van der Waals surface area (Å²) in [4.78, 5) is 21.5. The molecule has 0 spiro atoms. The minimum Gasteiger partial charge on any atom is -0.481 e. The van der Waals surface area contributed by atoms with E-state index in [0.29, 0.717) is 24.1 Å². The molecule has 1 aliphatic carbocycles. The number of hydrogen-bond acceptors (Lipinski definition) is 7. The lowest BCUT2D eigenvalue weighted by Crippen LogP contribution is -2.43. The first kappa shape index (κ1) is 23.6. The molecule has 2 aliphatic rings. The van der Waals surface area contributed by atoms with Gasteiger partial charge in [-0.25, -0.2) is 4.39 Å². The number of ketones is 1. The average Bonchev–Trinajstić information content (AvgIpc) is 3.40. The zero-order chi connectivity index (χ0) is 24.0. The molecule has 2 fully saturated rings. The van der Waals surface area contributed by atoms with Crippen LogP contribution in [0.15, 0.2) is 16.8 Å². The summed E-state index contributed by atoms with van der Waals surface area (Å²) in [7, 11) is 0. The van der Waals surface area contributed by atoms with Crippen LogP contribution in [0.3, 0.4) is 0 Å². The molecule has 0 N–H and O–H groups in total. The van der Waals surface area contributed by atoms with Crippen LogP contribution < -0.4 is 4.74 Å². The molecular formula is C22H25F4N3O4. The van der Waals surface area contributed by atoms with Crippen molar-refractivity contribution in [3.8, 4) is 5.75 Å². The second kappa shape index (κ2) is 8.34. The number of carbonyl (C=O) groups is 1. The number of carbonyl (C=O) groups excluding carboxylic acids is 1. The van der Waals surface area contributed by atoms with Gasteiger partial charge in [0.15, 0.2) is 23.4 Å². The van der Waals surface area contributed by atoms with Crippen molar-refractivity contribution in [2.24, 2.45) is 5.92 Å². The molecule has 0 radical (unpaired) electrons. The first-order valence-electron chi connectivity index (χ1n) is 10.7. The predicted molar refractivity (Wildman–Crippen MR) is 107 cm³/mol. The van der Waals surface area contributed by atoms with Gasteiger partial charge in [0.05, 0.1) is 18.8 Å². The molecule has 2 aromatic rings. The zero-order valence-corrected chi connectivity index (χ0v) is 18.5. The van der Waals surface area contributed by atoms with Crippen molar-refractivity contribution in [2.45, 2.75) is 69.8 Å². The van der Waals surface area contributed by atoms with Crippen molar-refractivity contribution in [3.63, 3.8) is 0 Å².